The van der Waals surface area contributed by atoms with Crippen LogP contribution in [0.5, 0.6) is 0 Å². The molecule has 0 saturated carbocycles. The van der Waals surface area contributed by atoms with Gasteiger partial charge in [-0.1, -0.05) is 20.3 Å². The van der Waals surface area contributed by atoms with Crippen LogP contribution >= 0.6 is 0 Å². The zero-order valence-corrected chi connectivity index (χ0v) is 12.6. The van der Waals surface area contributed by atoms with Gasteiger partial charge in [0.05, 0.1) is 11.5 Å². The summed E-state index contributed by atoms with van der Waals surface area (Å²) in [7, 11) is -2.81. The fourth-order valence-corrected chi connectivity index (χ4v) is 5.35. The molecule has 106 valence electrons. The molecule has 0 bridgehead atoms. The first-order chi connectivity index (χ1) is 8.36. The Kier molecular flexibility index (Phi) is 4.04. The molecule has 0 amide bonds. The minimum atomic E-state index is -2.81. The average Bonchev–Trinajstić information content (AvgIpc) is 2.64. The molecule has 2 rings (SSSR count). The van der Waals surface area contributed by atoms with Crippen molar-refractivity contribution in [2.45, 2.75) is 45.2 Å². The first-order valence-corrected chi connectivity index (χ1v) is 8.87. The fourth-order valence-electron chi connectivity index (χ4n) is 3.18. The molecule has 5 heteroatoms. The molecule has 0 aromatic heterocycles. The summed E-state index contributed by atoms with van der Waals surface area (Å²) in [5.74, 6) is 1.35. The zero-order chi connectivity index (χ0) is 13.4. The minimum absolute atomic E-state index is 0.132. The summed E-state index contributed by atoms with van der Waals surface area (Å²) in [5.41, 5.74) is -0.132. The first kappa shape index (κ1) is 14.3. The molecule has 2 fully saturated rings. The second-order valence-electron chi connectivity index (χ2n) is 6.23. The molecule has 2 aliphatic heterocycles. The monoisotopic (exact) mass is 274 g/mol. The number of hydrogen-bond acceptors (Lipinski definition) is 4. The molecule has 2 heterocycles. The van der Waals surface area contributed by atoms with E-state index in [9.17, 15) is 8.42 Å². The van der Waals surface area contributed by atoms with E-state index in [2.05, 4.69) is 31.0 Å². The van der Waals surface area contributed by atoms with E-state index in [-0.39, 0.29) is 5.54 Å². The van der Waals surface area contributed by atoms with E-state index < -0.39 is 9.84 Å². The van der Waals surface area contributed by atoms with E-state index in [1.54, 1.807) is 0 Å². The zero-order valence-electron chi connectivity index (χ0n) is 11.8. The van der Waals surface area contributed by atoms with Crippen molar-refractivity contribution in [1.82, 2.24) is 10.2 Å². The van der Waals surface area contributed by atoms with Gasteiger partial charge >= 0.3 is 0 Å². The van der Waals surface area contributed by atoms with Gasteiger partial charge in [0.15, 0.2) is 9.84 Å². The van der Waals surface area contributed by atoms with Crippen LogP contribution in [0.2, 0.25) is 0 Å². The van der Waals surface area contributed by atoms with Gasteiger partial charge in [0, 0.05) is 31.2 Å². The van der Waals surface area contributed by atoms with Crippen LogP contribution in [0, 0.1) is 5.92 Å². The van der Waals surface area contributed by atoms with E-state index in [1.165, 1.54) is 6.42 Å². The van der Waals surface area contributed by atoms with Crippen LogP contribution in [-0.2, 0) is 9.84 Å². The molecule has 3 unspecified atom stereocenters. The van der Waals surface area contributed by atoms with Crippen molar-refractivity contribution in [2.75, 3.05) is 31.1 Å². The predicted molar refractivity (Wildman–Crippen MR) is 74.5 cm³/mol. The van der Waals surface area contributed by atoms with E-state index in [1.807, 2.05) is 0 Å². The summed E-state index contributed by atoms with van der Waals surface area (Å²) >= 11 is 0. The number of nitrogens with one attached hydrogen (secondary N) is 1. The molecule has 0 aromatic carbocycles. The fraction of sp³-hybridized carbons (Fsp3) is 1.00. The molecular weight excluding hydrogens is 248 g/mol. The van der Waals surface area contributed by atoms with Crippen LogP contribution in [0.4, 0.5) is 0 Å². The Morgan fingerprint density at radius 2 is 2.22 bits per heavy atom. The summed E-state index contributed by atoms with van der Waals surface area (Å²) in [5, 5.41) is 3.57. The Morgan fingerprint density at radius 1 is 1.50 bits per heavy atom. The highest BCUT2D eigenvalue weighted by molar-refractivity contribution is 7.91. The lowest BCUT2D eigenvalue weighted by molar-refractivity contribution is 0.0734. The maximum atomic E-state index is 11.7. The largest absolute Gasteiger partial charge is 0.311 e. The van der Waals surface area contributed by atoms with E-state index >= 15 is 0 Å². The minimum Gasteiger partial charge on any atom is -0.311 e. The third kappa shape index (κ3) is 2.89. The van der Waals surface area contributed by atoms with Crippen LogP contribution < -0.4 is 5.32 Å². The summed E-state index contributed by atoms with van der Waals surface area (Å²) in [6.07, 6.45) is 1.96. The van der Waals surface area contributed by atoms with Gasteiger partial charge in [-0.05, 0) is 19.3 Å². The first-order valence-electron chi connectivity index (χ1n) is 7.05. The smallest absolute Gasteiger partial charge is 0.152 e. The molecule has 4 nitrogen and oxygen atoms in total. The summed E-state index contributed by atoms with van der Waals surface area (Å²) < 4.78 is 23.4. The molecule has 2 saturated heterocycles. The molecule has 0 aromatic rings. The Hall–Kier alpha value is -0.130. The van der Waals surface area contributed by atoms with Gasteiger partial charge in [-0.3, -0.25) is 4.90 Å². The van der Waals surface area contributed by atoms with Gasteiger partial charge in [-0.15, -0.1) is 0 Å². The van der Waals surface area contributed by atoms with Crippen LogP contribution in [0.25, 0.3) is 0 Å². The van der Waals surface area contributed by atoms with Gasteiger partial charge in [0.1, 0.15) is 0 Å². The van der Waals surface area contributed by atoms with Gasteiger partial charge in [0.2, 0.25) is 0 Å². The van der Waals surface area contributed by atoms with Crippen molar-refractivity contribution in [2.24, 2.45) is 5.92 Å². The molecular formula is C13H26N2O2S. The lowest BCUT2D eigenvalue weighted by Gasteiger charge is -2.44. The Labute approximate surface area is 111 Å². The Bertz CT molecular complexity index is 396. The van der Waals surface area contributed by atoms with Gasteiger partial charge < -0.3 is 5.32 Å². The van der Waals surface area contributed by atoms with Crippen LogP contribution in [0.15, 0.2) is 0 Å². The Morgan fingerprint density at radius 3 is 2.78 bits per heavy atom. The van der Waals surface area contributed by atoms with E-state index in [0.29, 0.717) is 23.5 Å². The van der Waals surface area contributed by atoms with Crippen molar-refractivity contribution in [3.8, 4) is 0 Å². The topological polar surface area (TPSA) is 49.4 Å². The van der Waals surface area contributed by atoms with Crippen LogP contribution in [0.1, 0.15) is 33.6 Å². The molecule has 2 aliphatic rings. The number of piperazine rings is 1. The van der Waals surface area contributed by atoms with Gasteiger partial charge in [0.25, 0.3) is 0 Å². The highest BCUT2D eigenvalue weighted by atomic mass is 32.2. The second kappa shape index (κ2) is 5.10. The van der Waals surface area contributed by atoms with Crippen molar-refractivity contribution < 1.29 is 8.42 Å². The third-order valence-electron chi connectivity index (χ3n) is 4.78. The van der Waals surface area contributed by atoms with Gasteiger partial charge in [-0.2, -0.15) is 0 Å². The summed E-state index contributed by atoms with van der Waals surface area (Å²) in [6, 6.07) is 0.504. The molecule has 0 spiro atoms. The highest BCUT2D eigenvalue weighted by Crippen LogP contribution is 2.31. The van der Waals surface area contributed by atoms with Crippen LogP contribution in [0.3, 0.4) is 0 Å². The molecule has 3 atom stereocenters. The summed E-state index contributed by atoms with van der Waals surface area (Å²) in [6.45, 7) is 9.54. The number of nitrogens with zero attached hydrogens (tertiary/aromatic N) is 1. The van der Waals surface area contributed by atoms with Crippen molar-refractivity contribution in [3.63, 3.8) is 0 Å². The van der Waals surface area contributed by atoms with E-state index in [0.717, 1.165) is 26.1 Å². The average molecular weight is 274 g/mol. The predicted octanol–water partition coefficient (Wildman–Crippen LogP) is 0.884. The lowest BCUT2D eigenvalue weighted by Crippen LogP contribution is -2.60. The SMILES string of the molecule is CCC(C)C1CN(C2(C)CCS(=O)(=O)C2)CCN1. The van der Waals surface area contributed by atoms with Crippen molar-refractivity contribution in [3.05, 3.63) is 0 Å². The maximum absolute atomic E-state index is 11.7. The Balaban J connectivity index is 2.05. The van der Waals surface area contributed by atoms with Crippen molar-refractivity contribution >= 4 is 9.84 Å². The van der Waals surface area contributed by atoms with Gasteiger partial charge in [-0.25, -0.2) is 8.42 Å². The maximum Gasteiger partial charge on any atom is 0.152 e. The molecule has 1 N–H and O–H groups in total. The highest BCUT2D eigenvalue weighted by Gasteiger charge is 2.44. The van der Waals surface area contributed by atoms with Crippen LogP contribution in [-0.4, -0.2) is 56.0 Å². The normalized spacial score (nSPS) is 38.7. The van der Waals surface area contributed by atoms with Crippen molar-refractivity contribution in [1.29, 1.82) is 0 Å². The number of hydrogen-bond donors (Lipinski definition) is 1. The molecule has 0 radical (unpaired) electrons. The summed E-state index contributed by atoms with van der Waals surface area (Å²) in [4.78, 5) is 2.41. The lowest BCUT2D eigenvalue weighted by atomic mass is 9.92. The molecule has 18 heavy (non-hydrogen) atoms. The number of sulfone groups is 1. The standard InChI is InChI=1S/C13H26N2O2S/c1-4-11(2)12-9-15(7-6-14-12)13(3)5-8-18(16,17)10-13/h11-12,14H,4-10H2,1-3H3. The molecule has 0 aliphatic carbocycles. The quantitative estimate of drug-likeness (QED) is 0.830. The second-order valence-corrected chi connectivity index (χ2v) is 8.42. The van der Waals surface area contributed by atoms with E-state index in [4.69, 9.17) is 0 Å². The third-order valence-corrected chi connectivity index (χ3v) is 6.67. The number of rotatable bonds is 3.